The number of aliphatic hydroxyl groups excluding tert-OH is 1. The van der Waals surface area contributed by atoms with Gasteiger partial charge in [-0.15, -0.1) is 0 Å². The number of aromatic nitrogens is 2. The van der Waals surface area contributed by atoms with Crippen LogP contribution in [-0.4, -0.2) is 14.9 Å². The molecule has 0 saturated carbocycles. The van der Waals surface area contributed by atoms with Crippen molar-refractivity contribution >= 4 is 11.0 Å². The number of nitrogens with zero attached hydrogens (tertiary/aromatic N) is 2. The summed E-state index contributed by atoms with van der Waals surface area (Å²) in [5.74, 6) is 0.743. The van der Waals surface area contributed by atoms with Gasteiger partial charge < -0.3 is 9.52 Å². The lowest BCUT2D eigenvalue weighted by molar-refractivity contribution is 0.219. The second-order valence-electron chi connectivity index (χ2n) is 4.42. The molecule has 0 aliphatic carbocycles. The third-order valence-electron chi connectivity index (χ3n) is 3.13. The molecule has 2 heterocycles. The highest BCUT2D eigenvalue weighted by Gasteiger charge is 2.20. The molecule has 4 heteroatoms. The molecule has 18 heavy (non-hydrogen) atoms. The lowest BCUT2D eigenvalue weighted by atomic mass is 10.0. The lowest BCUT2D eigenvalue weighted by Gasteiger charge is -2.07. The van der Waals surface area contributed by atoms with Gasteiger partial charge in [-0.25, -0.2) is 0 Å². The highest BCUT2D eigenvalue weighted by molar-refractivity contribution is 5.83. The Labute approximate surface area is 104 Å². The van der Waals surface area contributed by atoms with E-state index in [1.807, 2.05) is 44.4 Å². The molecule has 0 amide bonds. The molecule has 92 valence electrons. The summed E-state index contributed by atoms with van der Waals surface area (Å²) in [7, 11) is 1.83. The van der Waals surface area contributed by atoms with Gasteiger partial charge in [-0.3, -0.25) is 4.68 Å². The Balaban J connectivity index is 2.16. The molecule has 4 nitrogen and oxygen atoms in total. The van der Waals surface area contributed by atoms with Crippen LogP contribution in [0.15, 0.2) is 41.1 Å². The summed E-state index contributed by atoms with van der Waals surface area (Å²) in [5.41, 5.74) is 2.39. The smallest absolute Gasteiger partial charge is 0.134 e. The summed E-state index contributed by atoms with van der Waals surface area (Å²) in [5, 5.41) is 15.5. The fourth-order valence-corrected chi connectivity index (χ4v) is 2.28. The fourth-order valence-electron chi connectivity index (χ4n) is 2.28. The van der Waals surface area contributed by atoms with Gasteiger partial charge in [0.15, 0.2) is 0 Å². The maximum absolute atomic E-state index is 10.5. The number of fused-ring (bicyclic) bond motifs is 1. The molecule has 0 aliphatic heterocycles. The number of aliphatic hydroxyl groups is 1. The third kappa shape index (κ3) is 1.62. The Bertz CT molecular complexity index is 697. The molecule has 1 N–H and O–H groups in total. The van der Waals surface area contributed by atoms with E-state index in [1.54, 1.807) is 10.9 Å². The summed E-state index contributed by atoms with van der Waals surface area (Å²) in [6.45, 7) is 1.87. The Morgan fingerprint density at radius 3 is 2.83 bits per heavy atom. The number of furan rings is 1. The van der Waals surface area contributed by atoms with Gasteiger partial charge in [-0.05, 0) is 13.0 Å². The van der Waals surface area contributed by atoms with Crippen molar-refractivity contribution < 1.29 is 9.52 Å². The normalized spacial score (nSPS) is 13.1. The topological polar surface area (TPSA) is 51.2 Å². The first-order valence-electron chi connectivity index (χ1n) is 5.81. The largest absolute Gasteiger partial charge is 0.461 e. The zero-order valence-corrected chi connectivity index (χ0v) is 10.3. The molecule has 0 spiro atoms. The van der Waals surface area contributed by atoms with Crippen LogP contribution in [-0.2, 0) is 7.05 Å². The molecule has 3 aromatic rings. The lowest BCUT2D eigenvalue weighted by Crippen LogP contribution is -1.99. The SMILES string of the molecule is Cc1oc2ccccc2c1C(O)c1cnn(C)c1. The molecule has 1 unspecified atom stereocenters. The van der Waals surface area contributed by atoms with Gasteiger partial charge in [0.25, 0.3) is 0 Å². The van der Waals surface area contributed by atoms with E-state index in [4.69, 9.17) is 4.42 Å². The van der Waals surface area contributed by atoms with Crippen molar-refractivity contribution in [1.29, 1.82) is 0 Å². The number of rotatable bonds is 2. The molecule has 0 bridgehead atoms. The second-order valence-corrected chi connectivity index (χ2v) is 4.42. The van der Waals surface area contributed by atoms with Gasteiger partial charge in [0.1, 0.15) is 17.4 Å². The van der Waals surface area contributed by atoms with E-state index in [9.17, 15) is 5.11 Å². The van der Waals surface area contributed by atoms with Crippen molar-refractivity contribution in [3.05, 3.63) is 53.5 Å². The van der Waals surface area contributed by atoms with Crippen LogP contribution in [0, 0.1) is 6.92 Å². The van der Waals surface area contributed by atoms with Crippen LogP contribution >= 0.6 is 0 Å². The molecular weight excluding hydrogens is 228 g/mol. The Kier molecular flexibility index (Phi) is 2.45. The molecular formula is C14H14N2O2. The van der Waals surface area contributed by atoms with Crippen LogP contribution in [0.25, 0.3) is 11.0 Å². The second kappa shape index (κ2) is 3.99. The fraction of sp³-hybridized carbons (Fsp3) is 0.214. The average Bonchev–Trinajstić information content (AvgIpc) is 2.91. The molecule has 1 aromatic carbocycles. The van der Waals surface area contributed by atoms with Crippen LogP contribution in [0.2, 0.25) is 0 Å². The number of aryl methyl sites for hydroxylation is 2. The maximum atomic E-state index is 10.5. The van der Waals surface area contributed by atoms with E-state index in [2.05, 4.69) is 5.10 Å². The van der Waals surface area contributed by atoms with Crippen molar-refractivity contribution in [2.24, 2.45) is 7.05 Å². The summed E-state index contributed by atoms with van der Waals surface area (Å²) >= 11 is 0. The first-order valence-corrected chi connectivity index (χ1v) is 5.81. The Morgan fingerprint density at radius 1 is 1.33 bits per heavy atom. The van der Waals surface area contributed by atoms with Crippen molar-refractivity contribution in [2.75, 3.05) is 0 Å². The predicted molar refractivity (Wildman–Crippen MR) is 68.2 cm³/mol. The predicted octanol–water partition coefficient (Wildman–Crippen LogP) is 2.56. The zero-order chi connectivity index (χ0) is 12.7. The van der Waals surface area contributed by atoms with E-state index in [1.165, 1.54) is 0 Å². The van der Waals surface area contributed by atoms with Gasteiger partial charge in [0.05, 0.1) is 6.20 Å². The zero-order valence-electron chi connectivity index (χ0n) is 10.3. The van der Waals surface area contributed by atoms with Gasteiger partial charge in [-0.2, -0.15) is 5.10 Å². The van der Waals surface area contributed by atoms with Crippen molar-refractivity contribution in [3.8, 4) is 0 Å². The molecule has 3 rings (SSSR count). The van der Waals surface area contributed by atoms with E-state index in [-0.39, 0.29) is 0 Å². The highest BCUT2D eigenvalue weighted by atomic mass is 16.3. The van der Waals surface area contributed by atoms with Crippen molar-refractivity contribution in [2.45, 2.75) is 13.0 Å². The number of hydrogen-bond donors (Lipinski definition) is 1. The van der Waals surface area contributed by atoms with E-state index < -0.39 is 6.10 Å². The Hall–Kier alpha value is -2.07. The first kappa shape index (κ1) is 11.0. The summed E-state index contributed by atoms with van der Waals surface area (Å²) in [6, 6.07) is 7.73. The number of para-hydroxylation sites is 1. The van der Waals surface area contributed by atoms with Crippen LogP contribution in [0.5, 0.6) is 0 Å². The van der Waals surface area contributed by atoms with Crippen LogP contribution in [0.1, 0.15) is 23.0 Å². The molecule has 0 saturated heterocycles. The van der Waals surface area contributed by atoms with E-state index in [0.717, 1.165) is 27.9 Å². The minimum absolute atomic E-state index is 0.706. The van der Waals surface area contributed by atoms with Crippen LogP contribution < -0.4 is 0 Å². The minimum atomic E-state index is -0.706. The first-order chi connectivity index (χ1) is 8.66. The monoisotopic (exact) mass is 242 g/mol. The Morgan fingerprint density at radius 2 is 2.11 bits per heavy atom. The summed E-state index contributed by atoms with van der Waals surface area (Å²) in [4.78, 5) is 0. The highest BCUT2D eigenvalue weighted by Crippen LogP contribution is 2.33. The van der Waals surface area contributed by atoms with Gasteiger partial charge in [-0.1, -0.05) is 18.2 Å². The maximum Gasteiger partial charge on any atom is 0.134 e. The molecule has 0 aliphatic rings. The standard InChI is InChI=1S/C14H14N2O2/c1-9-13(11-5-3-4-6-12(11)18-9)14(17)10-7-15-16(2)8-10/h3-8,14,17H,1-2H3. The van der Waals surface area contributed by atoms with Crippen molar-refractivity contribution in [3.63, 3.8) is 0 Å². The molecule has 0 radical (unpaired) electrons. The van der Waals surface area contributed by atoms with Crippen molar-refractivity contribution in [1.82, 2.24) is 9.78 Å². The number of benzene rings is 1. The van der Waals surface area contributed by atoms with Gasteiger partial charge in [0.2, 0.25) is 0 Å². The third-order valence-corrected chi connectivity index (χ3v) is 3.13. The molecule has 0 fully saturated rings. The van der Waals surface area contributed by atoms with E-state index in [0.29, 0.717) is 0 Å². The van der Waals surface area contributed by atoms with Crippen LogP contribution in [0.3, 0.4) is 0 Å². The van der Waals surface area contributed by atoms with Gasteiger partial charge >= 0.3 is 0 Å². The quantitative estimate of drug-likeness (QED) is 0.751. The van der Waals surface area contributed by atoms with E-state index >= 15 is 0 Å². The number of hydrogen-bond acceptors (Lipinski definition) is 3. The molecule has 2 aromatic heterocycles. The minimum Gasteiger partial charge on any atom is -0.461 e. The molecule has 1 atom stereocenters. The van der Waals surface area contributed by atoms with Crippen LogP contribution in [0.4, 0.5) is 0 Å². The summed E-state index contributed by atoms with van der Waals surface area (Å²) in [6.07, 6.45) is 2.78. The van der Waals surface area contributed by atoms with Gasteiger partial charge in [0, 0.05) is 29.8 Å². The average molecular weight is 242 g/mol. The summed E-state index contributed by atoms with van der Waals surface area (Å²) < 4.78 is 7.34.